The standard InChI is InChI=1S/C39H35F2N5O6S/c1-2-39(49)32-20-34-36-30(22-46(34)37(47)31(32)23-52-38(39)48)29(28-5-3-4-6-33(28)42-36)21-44-15-17-45(18-16-44)35(19-24-7-9-25(40)10-8-24)43-53(50,51)27-13-11-26(41)12-14-27/h3-14,20,49H,2,15-19,21-23H2,1H3/t39-/m0/s1. The van der Waals surface area contributed by atoms with Crippen LogP contribution in [0.2, 0.25) is 0 Å². The van der Waals surface area contributed by atoms with Crippen molar-refractivity contribution >= 4 is 32.7 Å². The minimum atomic E-state index is -4.18. The van der Waals surface area contributed by atoms with Crippen LogP contribution in [0, 0.1) is 11.6 Å². The first-order valence-corrected chi connectivity index (χ1v) is 18.8. The van der Waals surface area contributed by atoms with Gasteiger partial charge in [-0.3, -0.25) is 9.69 Å². The van der Waals surface area contributed by atoms with Gasteiger partial charge in [0.15, 0.2) is 5.60 Å². The van der Waals surface area contributed by atoms with Crippen molar-refractivity contribution < 1.29 is 31.8 Å². The monoisotopic (exact) mass is 739 g/mol. The van der Waals surface area contributed by atoms with Crippen LogP contribution in [0.4, 0.5) is 8.78 Å². The summed E-state index contributed by atoms with van der Waals surface area (Å²) in [6.07, 6.45) is 0.190. The second-order valence-electron chi connectivity index (χ2n) is 13.5. The van der Waals surface area contributed by atoms with E-state index in [0.717, 1.165) is 34.2 Å². The number of hydrogen-bond acceptors (Lipinski definition) is 8. The molecule has 1 fully saturated rings. The van der Waals surface area contributed by atoms with E-state index in [1.165, 1.54) is 24.3 Å². The lowest BCUT2D eigenvalue weighted by atomic mass is 9.86. The molecule has 14 heteroatoms. The van der Waals surface area contributed by atoms with E-state index in [9.17, 15) is 31.9 Å². The molecule has 0 saturated carbocycles. The van der Waals surface area contributed by atoms with Gasteiger partial charge in [-0.05, 0) is 66.1 Å². The molecule has 8 rings (SSSR count). The van der Waals surface area contributed by atoms with Crippen molar-refractivity contribution in [3.8, 4) is 11.4 Å². The number of ether oxygens (including phenoxy) is 1. The highest BCUT2D eigenvalue weighted by Crippen LogP contribution is 2.40. The summed E-state index contributed by atoms with van der Waals surface area (Å²) in [6, 6.07) is 19.8. The third-order valence-corrected chi connectivity index (χ3v) is 11.8. The van der Waals surface area contributed by atoms with Crippen molar-refractivity contribution in [3.05, 3.63) is 129 Å². The number of benzene rings is 3. The summed E-state index contributed by atoms with van der Waals surface area (Å²) in [4.78, 5) is 35.5. The molecule has 3 aromatic carbocycles. The van der Waals surface area contributed by atoms with E-state index in [2.05, 4.69) is 9.30 Å². The average molecular weight is 740 g/mol. The van der Waals surface area contributed by atoms with Crippen LogP contribution in [0.15, 0.2) is 93.0 Å². The summed E-state index contributed by atoms with van der Waals surface area (Å²) in [5.74, 6) is -1.45. The lowest BCUT2D eigenvalue weighted by Gasteiger charge is -2.37. The van der Waals surface area contributed by atoms with E-state index < -0.39 is 33.2 Å². The van der Waals surface area contributed by atoms with E-state index >= 15 is 0 Å². The predicted molar refractivity (Wildman–Crippen MR) is 192 cm³/mol. The number of amidine groups is 1. The highest BCUT2D eigenvalue weighted by Gasteiger charge is 2.45. The normalized spacial score (nSPS) is 18.8. The third-order valence-electron chi connectivity index (χ3n) is 10.4. The molecule has 3 aliphatic rings. The summed E-state index contributed by atoms with van der Waals surface area (Å²) in [5, 5.41) is 12.2. The molecule has 272 valence electrons. The molecule has 0 amide bonds. The second kappa shape index (κ2) is 13.3. The number of carbonyl (C=O) groups excluding carboxylic acids is 1. The maximum atomic E-state index is 13.9. The number of esters is 1. The largest absolute Gasteiger partial charge is 0.458 e. The molecule has 2 aromatic heterocycles. The molecule has 5 aromatic rings. The zero-order chi connectivity index (χ0) is 37.1. The predicted octanol–water partition coefficient (Wildman–Crippen LogP) is 4.51. The number of halogens is 2. The fourth-order valence-electron chi connectivity index (χ4n) is 7.47. The Kier molecular flexibility index (Phi) is 8.71. The van der Waals surface area contributed by atoms with Gasteiger partial charge < -0.3 is 19.3 Å². The fourth-order valence-corrected chi connectivity index (χ4v) is 8.51. The zero-order valence-electron chi connectivity index (χ0n) is 28.8. The molecular formula is C39H35F2N5O6S. The van der Waals surface area contributed by atoms with Gasteiger partial charge in [-0.25, -0.2) is 18.6 Å². The van der Waals surface area contributed by atoms with Crippen LogP contribution in [0.1, 0.15) is 41.2 Å². The number of aromatic nitrogens is 2. The molecule has 3 aliphatic heterocycles. The number of para-hydroxylation sites is 1. The van der Waals surface area contributed by atoms with Gasteiger partial charge >= 0.3 is 5.97 Å². The van der Waals surface area contributed by atoms with Gasteiger partial charge in [0.2, 0.25) is 0 Å². The summed E-state index contributed by atoms with van der Waals surface area (Å²) in [6.45, 7) is 4.22. The first-order chi connectivity index (χ1) is 25.4. The lowest BCUT2D eigenvalue weighted by molar-refractivity contribution is -0.172. The molecule has 0 bridgehead atoms. The fraction of sp³-hybridized carbons (Fsp3) is 0.282. The number of fused-ring (bicyclic) bond motifs is 5. The number of aliphatic hydroxyl groups is 1. The summed E-state index contributed by atoms with van der Waals surface area (Å²) in [5.41, 5.74) is 2.71. The number of pyridine rings is 2. The Bertz CT molecular complexity index is 2480. The van der Waals surface area contributed by atoms with E-state index in [0.29, 0.717) is 55.5 Å². The minimum absolute atomic E-state index is 0.0471. The number of sulfonamides is 1. The highest BCUT2D eigenvalue weighted by molar-refractivity contribution is 7.90. The number of nitrogens with zero attached hydrogens (tertiary/aromatic N) is 5. The minimum Gasteiger partial charge on any atom is -0.458 e. The Morgan fingerprint density at radius 2 is 1.62 bits per heavy atom. The van der Waals surface area contributed by atoms with Gasteiger partial charge in [-0.2, -0.15) is 8.42 Å². The van der Waals surface area contributed by atoms with Crippen molar-refractivity contribution in [3.63, 3.8) is 0 Å². The Morgan fingerprint density at radius 1 is 0.943 bits per heavy atom. The van der Waals surface area contributed by atoms with Crippen LogP contribution < -0.4 is 5.56 Å². The SMILES string of the molecule is CC[C@@]1(O)C(=O)OCc2c1cc1n(c2=O)Cc2c-1nc1ccccc1c2CN1CCN(C(Cc2ccc(F)cc2)=NS(=O)(=O)c2ccc(F)cc2)CC1. The Balaban J connectivity index is 1.10. The number of rotatable bonds is 7. The summed E-state index contributed by atoms with van der Waals surface area (Å²) in [7, 11) is -4.18. The van der Waals surface area contributed by atoms with Gasteiger partial charge in [0.05, 0.1) is 33.9 Å². The van der Waals surface area contributed by atoms with Gasteiger partial charge in [-0.1, -0.05) is 37.3 Å². The molecule has 0 unspecified atom stereocenters. The molecule has 1 saturated heterocycles. The molecule has 11 nitrogen and oxygen atoms in total. The first-order valence-electron chi connectivity index (χ1n) is 17.3. The second-order valence-corrected chi connectivity index (χ2v) is 15.1. The van der Waals surface area contributed by atoms with Crippen molar-refractivity contribution in [2.45, 2.75) is 50.0 Å². The van der Waals surface area contributed by atoms with Gasteiger partial charge in [0, 0.05) is 55.7 Å². The topological polar surface area (TPSA) is 134 Å². The van der Waals surface area contributed by atoms with Gasteiger partial charge in [0.1, 0.15) is 24.1 Å². The van der Waals surface area contributed by atoms with Crippen LogP contribution in [0.3, 0.4) is 0 Å². The maximum Gasteiger partial charge on any atom is 0.343 e. The number of hydrogen-bond donors (Lipinski definition) is 1. The summed E-state index contributed by atoms with van der Waals surface area (Å²) < 4.78 is 65.1. The molecule has 1 N–H and O–H groups in total. The molecule has 0 aliphatic carbocycles. The maximum absolute atomic E-state index is 13.9. The number of piperazine rings is 1. The van der Waals surface area contributed by atoms with Crippen LogP contribution in [0.25, 0.3) is 22.3 Å². The first kappa shape index (κ1) is 34.8. The summed E-state index contributed by atoms with van der Waals surface area (Å²) >= 11 is 0. The van der Waals surface area contributed by atoms with E-state index in [-0.39, 0.29) is 47.6 Å². The van der Waals surface area contributed by atoms with Crippen LogP contribution >= 0.6 is 0 Å². The van der Waals surface area contributed by atoms with Gasteiger partial charge in [0.25, 0.3) is 15.6 Å². The molecule has 5 heterocycles. The highest BCUT2D eigenvalue weighted by atomic mass is 32.2. The third kappa shape index (κ3) is 6.19. The van der Waals surface area contributed by atoms with E-state index in [1.807, 2.05) is 29.2 Å². The van der Waals surface area contributed by atoms with Crippen molar-refractivity contribution in [1.29, 1.82) is 0 Å². The Hall–Kier alpha value is -5.31. The zero-order valence-corrected chi connectivity index (χ0v) is 29.6. The smallest absolute Gasteiger partial charge is 0.343 e. The van der Waals surface area contributed by atoms with Crippen LogP contribution in [0.5, 0.6) is 0 Å². The molecule has 53 heavy (non-hydrogen) atoms. The molecule has 0 radical (unpaired) electrons. The molecule has 0 spiro atoms. The Labute approximate surface area is 303 Å². The lowest BCUT2D eigenvalue weighted by Crippen LogP contribution is -2.49. The Morgan fingerprint density at radius 3 is 2.32 bits per heavy atom. The van der Waals surface area contributed by atoms with E-state index in [1.54, 1.807) is 29.7 Å². The van der Waals surface area contributed by atoms with Crippen LogP contribution in [-0.2, 0) is 51.3 Å². The van der Waals surface area contributed by atoms with Crippen molar-refractivity contribution in [2.75, 3.05) is 26.2 Å². The van der Waals surface area contributed by atoms with E-state index in [4.69, 9.17) is 9.72 Å². The van der Waals surface area contributed by atoms with Crippen molar-refractivity contribution in [2.24, 2.45) is 4.40 Å². The molecule has 1 atom stereocenters. The quantitative estimate of drug-likeness (QED) is 0.143. The van der Waals surface area contributed by atoms with Gasteiger partial charge in [-0.15, -0.1) is 4.40 Å². The number of cyclic esters (lactones) is 1. The van der Waals surface area contributed by atoms with Crippen LogP contribution in [-0.4, -0.2) is 70.9 Å². The van der Waals surface area contributed by atoms with Crippen molar-refractivity contribution in [1.82, 2.24) is 19.4 Å². The molecular weight excluding hydrogens is 705 g/mol. The number of carbonyl (C=O) groups is 1. The average Bonchev–Trinajstić information content (AvgIpc) is 3.53.